The van der Waals surface area contributed by atoms with Gasteiger partial charge in [0.15, 0.2) is 5.13 Å². The van der Waals surface area contributed by atoms with Gasteiger partial charge >= 0.3 is 0 Å². The highest BCUT2D eigenvalue weighted by atomic mass is 32.1. The van der Waals surface area contributed by atoms with Crippen molar-refractivity contribution in [2.24, 2.45) is 0 Å². The van der Waals surface area contributed by atoms with Gasteiger partial charge in [0.2, 0.25) is 0 Å². The number of amides is 1. The molecule has 1 aliphatic rings. The molecule has 1 saturated heterocycles. The van der Waals surface area contributed by atoms with Crippen molar-refractivity contribution in [3.05, 3.63) is 59.9 Å². The summed E-state index contributed by atoms with van der Waals surface area (Å²) in [5.74, 6) is -0.361. The Labute approximate surface area is 149 Å². The van der Waals surface area contributed by atoms with Crippen molar-refractivity contribution in [3.63, 3.8) is 0 Å². The molecular weight excluding hydrogens is 337 g/mol. The Kier molecular flexibility index (Phi) is 4.36. The second kappa shape index (κ2) is 6.80. The lowest BCUT2D eigenvalue weighted by Gasteiger charge is -2.21. The SMILES string of the molecule is O=C(c1ccc(F)cc1)N1CCCN(c2nc3ccccc3s2)CC1. The van der Waals surface area contributed by atoms with Crippen LogP contribution in [0.25, 0.3) is 10.2 Å². The van der Waals surface area contributed by atoms with Crippen LogP contribution < -0.4 is 4.90 Å². The number of fused-ring (bicyclic) bond motifs is 1. The molecule has 128 valence electrons. The van der Waals surface area contributed by atoms with Crippen LogP contribution in [0, 0.1) is 5.82 Å². The Morgan fingerprint density at radius 2 is 1.80 bits per heavy atom. The second-order valence-corrected chi connectivity index (χ2v) is 7.11. The minimum Gasteiger partial charge on any atom is -0.346 e. The van der Waals surface area contributed by atoms with Gasteiger partial charge in [0.05, 0.1) is 10.2 Å². The van der Waals surface area contributed by atoms with Crippen molar-refractivity contribution in [3.8, 4) is 0 Å². The Bertz CT molecular complexity index is 860. The number of hydrogen-bond donors (Lipinski definition) is 0. The van der Waals surface area contributed by atoms with Crippen molar-refractivity contribution < 1.29 is 9.18 Å². The lowest BCUT2D eigenvalue weighted by atomic mass is 10.2. The molecule has 2 heterocycles. The third-order valence-electron chi connectivity index (χ3n) is 4.43. The molecule has 25 heavy (non-hydrogen) atoms. The molecule has 1 aromatic heterocycles. The normalized spacial score (nSPS) is 15.4. The molecular formula is C19H18FN3OS. The van der Waals surface area contributed by atoms with Crippen LogP contribution in [-0.4, -0.2) is 42.0 Å². The minimum absolute atomic E-state index is 0.0360. The largest absolute Gasteiger partial charge is 0.346 e. The summed E-state index contributed by atoms with van der Waals surface area (Å²) in [5, 5.41) is 1.01. The van der Waals surface area contributed by atoms with E-state index in [1.165, 1.54) is 16.8 Å². The molecule has 2 aromatic carbocycles. The van der Waals surface area contributed by atoms with Crippen LogP contribution in [-0.2, 0) is 0 Å². The Morgan fingerprint density at radius 3 is 2.60 bits per heavy atom. The van der Waals surface area contributed by atoms with E-state index in [0.717, 1.165) is 30.2 Å². The molecule has 0 radical (unpaired) electrons. The van der Waals surface area contributed by atoms with Crippen LogP contribution in [0.15, 0.2) is 48.5 Å². The number of nitrogens with zero attached hydrogens (tertiary/aromatic N) is 3. The van der Waals surface area contributed by atoms with Crippen LogP contribution in [0.1, 0.15) is 16.8 Å². The topological polar surface area (TPSA) is 36.4 Å². The fourth-order valence-corrected chi connectivity index (χ4v) is 4.10. The maximum Gasteiger partial charge on any atom is 0.253 e. The summed E-state index contributed by atoms with van der Waals surface area (Å²) in [6, 6.07) is 13.9. The predicted octanol–water partition coefficient (Wildman–Crippen LogP) is 3.79. The first kappa shape index (κ1) is 16.0. The molecule has 1 aliphatic heterocycles. The number of rotatable bonds is 2. The Balaban J connectivity index is 1.48. The summed E-state index contributed by atoms with van der Waals surface area (Å²) in [7, 11) is 0. The van der Waals surface area contributed by atoms with E-state index in [-0.39, 0.29) is 11.7 Å². The molecule has 0 bridgehead atoms. The van der Waals surface area contributed by atoms with Gasteiger partial charge in [0.25, 0.3) is 5.91 Å². The fourth-order valence-electron chi connectivity index (χ4n) is 3.08. The van der Waals surface area contributed by atoms with Gasteiger partial charge in [-0.05, 0) is 42.8 Å². The molecule has 1 fully saturated rings. The van der Waals surface area contributed by atoms with Crippen LogP contribution in [0.2, 0.25) is 0 Å². The lowest BCUT2D eigenvalue weighted by molar-refractivity contribution is 0.0767. The number of carbonyl (C=O) groups excluding carboxylic acids is 1. The van der Waals surface area contributed by atoms with Gasteiger partial charge in [-0.25, -0.2) is 9.37 Å². The number of benzene rings is 2. The van der Waals surface area contributed by atoms with Crippen molar-refractivity contribution in [1.82, 2.24) is 9.88 Å². The Hall–Kier alpha value is -2.47. The molecule has 0 spiro atoms. The highest BCUT2D eigenvalue weighted by molar-refractivity contribution is 7.22. The molecule has 0 N–H and O–H groups in total. The van der Waals surface area contributed by atoms with Crippen LogP contribution in [0.3, 0.4) is 0 Å². The molecule has 0 aliphatic carbocycles. The number of halogens is 1. The zero-order valence-corrected chi connectivity index (χ0v) is 14.5. The van der Waals surface area contributed by atoms with Gasteiger partial charge in [-0.15, -0.1) is 0 Å². The average molecular weight is 355 g/mol. The lowest BCUT2D eigenvalue weighted by Crippen LogP contribution is -2.35. The number of anilines is 1. The number of hydrogen-bond acceptors (Lipinski definition) is 4. The molecule has 0 unspecified atom stereocenters. The highest BCUT2D eigenvalue weighted by Crippen LogP contribution is 2.29. The number of aromatic nitrogens is 1. The van der Waals surface area contributed by atoms with Crippen molar-refractivity contribution in [2.75, 3.05) is 31.1 Å². The third kappa shape index (κ3) is 3.35. The standard InChI is InChI=1S/C19H18FN3OS/c20-15-8-6-14(7-9-15)18(24)22-10-3-11-23(13-12-22)19-21-16-4-1-2-5-17(16)25-19/h1-2,4-9H,3,10-13H2. The maximum atomic E-state index is 13.0. The number of thiazole rings is 1. The second-order valence-electron chi connectivity index (χ2n) is 6.10. The summed E-state index contributed by atoms with van der Waals surface area (Å²) >= 11 is 1.69. The monoisotopic (exact) mass is 355 g/mol. The minimum atomic E-state index is -0.325. The van der Waals surface area contributed by atoms with E-state index in [9.17, 15) is 9.18 Å². The average Bonchev–Trinajstić information content (AvgIpc) is 2.91. The first-order valence-corrected chi connectivity index (χ1v) is 9.18. The number of carbonyl (C=O) groups is 1. The molecule has 1 amide bonds. The van der Waals surface area contributed by atoms with E-state index in [1.807, 2.05) is 23.1 Å². The first-order chi connectivity index (χ1) is 12.2. The zero-order valence-electron chi connectivity index (χ0n) is 13.7. The van der Waals surface area contributed by atoms with Crippen LogP contribution in [0.4, 0.5) is 9.52 Å². The summed E-state index contributed by atoms with van der Waals surface area (Å²) in [6.45, 7) is 2.99. The Morgan fingerprint density at radius 1 is 1.00 bits per heavy atom. The van der Waals surface area contributed by atoms with E-state index in [1.54, 1.807) is 23.5 Å². The molecule has 6 heteroatoms. The third-order valence-corrected chi connectivity index (χ3v) is 5.52. The first-order valence-electron chi connectivity index (χ1n) is 8.36. The van der Waals surface area contributed by atoms with Crippen molar-refractivity contribution in [2.45, 2.75) is 6.42 Å². The van der Waals surface area contributed by atoms with Gasteiger partial charge in [0.1, 0.15) is 5.82 Å². The van der Waals surface area contributed by atoms with Gasteiger partial charge in [0, 0.05) is 31.7 Å². The molecule has 0 saturated carbocycles. The smallest absolute Gasteiger partial charge is 0.253 e. The van der Waals surface area contributed by atoms with E-state index in [2.05, 4.69) is 11.0 Å². The van der Waals surface area contributed by atoms with Gasteiger partial charge < -0.3 is 9.80 Å². The fraction of sp³-hybridized carbons (Fsp3) is 0.263. The predicted molar refractivity (Wildman–Crippen MR) is 98.8 cm³/mol. The van der Waals surface area contributed by atoms with Crippen molar-refractivity contribution >= 4 is 32.6 Å². The summed E-state index contributed by atoms with van der Waals surface area (Å²) in [6.07, 6.45) is 0.892. The van der Waals surface area contributed by atoms with E-state index in [0.29, 0.717) is 18.7 Å². The molecule has 4 nitrogen and oxygen atoms in total. The highest BCUT2D eigenvalue weighted by Gasteiger charge is 2.22. The molecule has 4 rings (SSSR count). The van der Waals surface area contributed by atoms with Crippen LogP contribution in [0.5, 0.6) is 0 Å². The van der Waals surface area contributed by atoms with E-state index in [4.69, 9.17) is 4.98 Å². The van der Waals surface area contributed by atoms with E-state index < -0.39 is 0 Å². The summed E-state index contributed by atoms with van der Waals surface area (Å²) in [4.78, 5) is 21.4. The summed E-state index contributed by atoms with van der Waals surface area (Å²) < 4.78 is 14.2. The van der Waals surface area contributed by atoms with Gasteiger partial charge in [-0.3, -0.25) is 4.79 Å². The van der Waals surface area contributed by atoms with Crippen LogP contribution >= 0.6 is 11.3 Å². The summed E-state index contributed by atoms with van der Waals surface area (Å²) in [5.41, 5.74) is 1.56. The van der Waals surface area contributed by atoms with Gasteiger partial charge in [-0.1, -0.05) is 23.5 Å². The van der Waals surface area contributed by atoms with Crippen molar-refractivity contribution in [1.29, 1.82) is 0 Å². The number of para-hydroxylation sites is 1. The molecule has 3 aromatic rings. The molecule has 0 atom stereocenters. The van der Waals surface area contributed by atoms with E-state index >= 15 is 0 Å². The quantitative estimate of drug-likeness (QED) is 0.702. The zero-order chi connectivity index (χ0) is 17.2. The van der Waals surface area contributed by atoms with Gasteiger partial charge in [-0.2, -0.15) is 0 Å². The maximum absolute atomic E-state index is 13.0.